The summed E-state index contributed by atoms with van der Waals surface area (Å²) in [4.78, 5) is 24.3. The molecule has 1 fully saturated rings. The maximum absolute atomic E-state index is 13.0. The normalized spacial score (nSPS) is 22.2. The quantitative estimate of drug-likeness (QED) is 0.769. The predicted octanol–water partition coefficient (Wildman–Crippen LogP) is 0.937. The van der Waals surface area contributed by atoms with Crippen LogP contribution < -0.4 is 5.32 Å². The number of nitrogens with one attached hydrogen (secondary N) is 1. The molecule has 0 aromatic heterocycles. The number of carboxylic acids is 1. The number of hydrogen-bond donors (Lipinski definition) is 3. The minimum Gasteiger partial charge on any atom is -0.480 e. The van der Waals surface area contributed by atoms with Gasteiger partial charge in [0.05, 0.1) is 17.7 Å². The van der Waals surface area contributed by atoms with Crippen LogP contribution in [0.5, 0.6) is 0 Å². The lowest BCUT2D eigenvalue weighted by Gasteiger charge is -2.19. The van der Waals surface area contributed by atoms with Gasteiger partial charge in [0.15, 0.2) is 0 Å². The van der Waals surface area contributed by atoms with Gasteiger partial charge in [-0.25, -0.2) is 4.39 Å². The van der Waals surface area contributed by atoms with Gasteiger partial charge in [0.2, 0.25) is 5.91 Å². The first kappa shape index (κ1) is 15.7. The van der Waals surface area contributed by atoms with Gasteiger partial charge < -0.3 is 15.5 Å². The Balaban J connectivity index is 1.97. The largest absolute Gasteiger partial charge is 0.480 e. The summed E-state index contributed by atoms with van der Waals surface area (Å²) in [5, 5.41) is 20.9. The molecule has 1 aliphatic heterocycles. The molecule has 2 atom stereocenters. The number of benzene rings is 1. The fraction of sp³-hybridized carbons (Fsp3) is 0.385. The second-order valence-corrected chi connectivity index (χ2v) is 5.26. The van der Waals surface area contributed by atoms with Crippen LogP contribution in [0.15, 0.2) is 18.2 Å². The summed E-state index contributed by atoms with van der Waals surface area (Å²) < 4.78 is 13.0. The minimum atomic E-state index is -1.08. The number of aliphatic hydroxyl groups excluding tert-OH is 1. The maximum Gasteiger partial charge on any atom is 0.321 e. The van der Waals surface area contributed by atoms with Gasteiger partial charge in [-0.1, -0.05) is 11.6 Å². The molecule has 0 saturated carbocycles. The molecule has 3 N–H and O–H groups in total. The fourth-order valence-electron chi connectivity index (χ4n) is 2.27. The molecule has 1 saturated heterocycles. The molecule has 0 radical (unpaired) electrons. The Labute approximate surface area is 125 Å². The van der Waals surface area contributed by atoms with Crippen LogP contribution in [0.4, 0.5) is 10.1 Å². The molecule has 1 amide bonds. The predicted molar refractivity (Wildman–Crippen MR) is 73.7 cm³/mol. The van der Waals surface area contributed by atoms with Crippen LogP contribution in [0, 0.1) is 5.82 Å². The van der Waals surface area contributed by atoms with Crippen LogP contribution in [0.25, 0.3) is 0 Å². The van der Waals surface area contributed by atoms with E-state index in [4.69, 9.17) is 16.7 Å². The third-order valence-corrected chi connectivity index (χ3v) is 3.51. The number of amides is 1. The average molecular weight is 317 g/mol. The van der Waals surface area contributed by atoms with Crippen LogP contribution in [-0.4, -0.2) is 52.2 Å². The van der Waals surface area contributed by atoms with Crippen LogP contribution in [0.1, 0.15) is 6.42 Å². The molecule has 21 heavy (non-hydrogen) atoms. The number of aliphatic hydroxyl groups is 1. The number of nitrogens with zero attached hydrogens (tertiary/aromatic N) is 1. The van der Waals surface area contributed by atoms with E-state index in [0.29, 0.717) is 5.69 Å². The zero-order valence-electron chi connectivity index (χ0n) is 10.9. The monoisotopic (exact) mass is 316 g/mol. The highest BCUT2D eigenvalue weighted by molar-refractivity contribution is 6.31. The topological polar surface area (TPSA) is 89.9 Å². The maximum atomic E-state index is 13.0. The Morgan fingerprint density at radius 1 is 1.48 bits per heavy atom. The van der Waals surface area contributed by atoms with Crippen molar-refractivity contribution in [2.45, 2.75) is 18.6 Å². The zero-order chi connectivity index (χ0) is 15.6. The third-order valence-electron chi connectivity index (χ3n) is 3.22. The second-order valence-electron chi connectivity index (χ2n) is 4.85. The van der Waals surface area contributed by atoms with Crippen molar-refractivity contribution in [2.24, 2.45) is 0 Å². The highest BCUT2D eigenvalue weighted by Crippen LogP contribution is 2.20. The number of carboxylic acid groups (broad SMARTS) is 1. The van der Waals surface area contributed by atoms with Crippen molar-refractivity contribution in [1.82, 2.24) is 4.90 Å². The molecule has 1 heterocycles. The number of aliphatic carboxylic acids is 1. The molecule has 0 spiro atoms. The van der Waals surface area contributed by atoms with Crippen molar-refractivity contribution in [3.8, 4) is 0 Å². The molecule has 1 aromatic rings. The first-order chi connectivity index (χ1) is 9.86. The zero-order valence-corrected chi connectivity index (χ0v) is 11.7. The third kappa shape index (κ3) is 3.90. The number of carbonyl (C=O) groups is 2. The summed E-state index contributed by atoms with van der Waals surface area (Å²) >= 11 is 5.60. The van der Waals surface area contributed by atoms with E-state index in [0.717, 1.165) is 6.07 Å². The van der Waals surface area contributed by atoms with Gasteiger partial charge in [-0.2, -0.15) is 0 Å². The first-order valence-corrected chi connectivity index (χ1v) is 6.64. The summed E-state index contributed by atoms with van der Waals surface area (Å²) in [5.74, 6) is -2.13. The van der Waals surface area contributed by atoms with Gasteiger partial charge in [-0.15, -0.1) is 0 Å². The van der Waals surface area contributed by atoms with E-state index < -0.39 is 29.8 Å². The van der Waals surface area contributed by atoms with Gasteiger partial charge in [0.25, 0.3) is 0 Å². The van der Waals surface area contributed by atoms with Crippen molar-refractivity contribution < 1.29 is 24.2 Å². The Hall–Kier alpha value is -1.70. The molecule has 1 aliphatic rings. The molecule has 6 nitrogen and oxygen atoms in total. The Bertz CT molecular complexity index is 569. The summed E-state index contributed by atoms with van der Waals surface area (Å²) in [5.41, 5.74) is 0.318. The van der Waals surface area contributed by atoms with Crippen LogP contribution in [0.3, 0.4) is 0 Å². The van der Waals surface area contributed by atoms with Crippen LogP contribution in [-0.2, 0) is 9.59 Å². The molecule has 0 bridgehead atoms. The van der Waals surface area contributed by atoms with E-state index in [2.05, 4.69) is 5.32 Å². The van der Waals surface area contributed by atoms with E-state index in [1.165, 1.54) is 17.0 Å². The van der Waals surface area contributed by atoms with Crippen LogP contribution in [0.2, 0.25) is 5.02 Å². The number of hydrogen-bond acceptors (Lipinski definition) is 4. The average Bonchev–Trinajstić information content (AvgIpc) is 2.75. The number of anilines is 1. The summed E-state index contributed by atoms with van der Waals surface area (Å²) in [6.45, 7) is -0.0580. The standard InChI is InChI=1S/C13H14ClFN2O4/c14-9-3-7(1-2-10(9)15)16-12(19)6-17-5-8(18)4-11(17)13(20)21/h1-3,8,11,18H,4-6H2,(H,16,19)(H,20,21). The van der Waals surface area contributed by atoms with Crippen molar-refractivity contribution in [3.63, 3.8) is 0 Å². The van der Waals surface area contributed by atoms with E-state index >= 15 is 0 Å². The smallest absolute Gasteiger partial charge is 0.321 e. The lowest BCUT2D eigenvalue weighted by atomic mass is 10.2. The summed E-state index contributed by atoms with van der Waals surface area (Å²) in [6, 6.07) is 2.86. The Morgan fingerprint density at radius 3 is 2.81 bits per heavy atom. The van der Waals surface area contributed by atoms with Crippen molar-refractivity contribution in [3.05, 3.63) is 29.0 Å². The Kier molecular flexibility index (Phi) is 4.76. The number of carbonyl (C=O) groups excluding carboxylic acids is 1. The second kappa shape index (κ2) is 6.38. The Morgan fingerprint density at radius 2 is 2.19 bits per heavy atom. The lowest BCUT2D eigenvalue weighted by molar-refractivity contribution is -0.142. The minimum absolute atomic E-state index is 0.0883. The molecule has 0 aliphatic carbocycles. The molecule has 2 rings (SSSR count). The van der Waals surface area contributed by atoms with Crippen molar-refractivity contribution >= 4 is 29.2 Å². The van der Waals surface area contributed by atoms with Gasteiger partial charge in [-0.05, 0) is 18.2 Å². The van der Waals surface area contributed by atoms with Gasteiger partial charge >= 0.3 is 5.97 Å². The van der Waals surface area contributed by atoms with Crippen molar-refractivity contribution in [1.29, 1.82) is 0 Å². The summed E-state index contributed by atoms with van der Waals surface area (Å²) in [7, 11) is 0. The molecular weight excluding hydrogens is 303 g/mol. The highest BCUT2D eigenvalue weighted by Gasteiger charge is 2.36. The van der Waals surface area contributed by atoms with E-state index in [-0.39, 0.29) is 24.5 Å². The highest BCUT2D eigenvalue weighted by atomic mass is 35.5. The number of halogens is 2. The molecule has 2 unspecified atom stereocenters. The molecule has 1 aromatic carbocycles. The number of likely N-dealkylation sites (tertiary alicyclic amines) is 1. The molecule has 8 heteroatoms. The number of β-amino-alcohol motifs (C(OH)–C–C–N with tert-alkyl or cyclic N) is 1. The van der Waals surface area contributed by atoms with E-state index in [1.54, 1.807) is 0 Å². The van der Waals surface area contributed by atoms with Crippen molar-refractivity contribution in [2.75, 3.05) is 18.4 Å². The van der Waals surface area contributed by atoms with Crippen LogP contribution >= 0.6 is 11.6 Å². The molecule has 114 valence electrons. The SMILES string of the molecule is O=C(CN1CC(O)CC1C(=O)O)Nc1ccc(F)c(Cl)c1. The summed E-state index contributed by atoms with van der Waals surface area (Å²) in [6.07, 6.45) is -0.676. The van der Waals surface area contributed by atoms with Gasteiger partial charge in [0.1, 0.15) is 11.9 Å². The lowest BCUT2D eigenvalue weighted by Crippen LogP contribution is -2.41. The van der Waals surface area contributed by atoms with Gasteiger partial charge in [-0.3, -0.25) is 14.5 Å². The number of rotatable bonds is 4. The van der Waals surface area contributed by atoms with Gasteiger partial charge in [0, 0.05) is 18.7 Å². The molecular formula is C13H14ClFN2O4. The fourth-order valence-corrected chi connectivity index (χ4v) is 2.45. The van der Waals surface area contributed by atoms with E-state index in [1.807, 2.05) is 0 Å². The first-order valence-electron chi connectivity index (χ1n) is 6.26. The van der Waals surface area contributed by atoms with E-state index in [9.17, 15) is 19.1 Å².